The van der Waals surface area contributed by atoms with Crippen molar-refractivity contribution in [2.75, 3.05) is 0 Å². The molecule has 7 nitrogen and oxygen atoms in total. The number of aliphatic carboxylic acids is 1. The van der Waals surface area contributed by atoms with Gasteiger partial charge in [0.1, 0.15) is 17.0 Å². The topological polar surface area (TPSA) is 110 Å². The van der Waals surface area contributed by atoms with Crippen LogP contribution in [0, 0.1) is 5.92 Å². The number of carbonyl (C=O) groups is 1. The van der Waals surface area contributed by atoms with Gasteiger partial charge in [-0.25, -0.2) is 13.4 Å². The number of hydrogen-bond donors (Lipinski definition) is 2. The largest absolute Gasteiger partial charge is 0.480 e. The van der Waals surface area contributed by atoms with Crippen LogP contribution < -0.4 is 15.4 Å². The number of furan rings is 1. The minimum atomic E-state index is -4.03. The van der Waals surface area contributed by atoms with Crippen LogP contribution in [0.25, 0.3) is 23.1 Å². The molecule has 30 heavy (non-hydrogen) atoms. The molecule has 2 atom stereocenters. The zero-order valence-electron chi connectivity index (χ0n) is 16.1. The van der Waals surface area contributed by atoms with Gasteiger partial charge in [-0.3, -0.25) is 4.79 Å². The standard InChI is InChI=1S/C20H19ClN2O5S2/c1-10(2)18(19(24)25)23-30(26,27)12-4-5-13-14-7-11(15-9-29-20(21)22-15)3-6-16(14)28-17(13)8-12/h4-11,18,23H,3H2,1-2H3,(H,24,25)/t11?,18-/m0/s1. The third-order valence-corrected chi connectivity index (χ3v) is 7.49. The Labute approximate surface area is 181 Å². The van der Waals surface area contributed by atoms with E-state index in [-0.39, 0.29) is 10.8 Å². The molecule has 0 spiro atoms. The highest BCUT2D eigenvalue weighted by atomic mass is 35.5. The molecule has 0 saturated carbocycles. The van der Waals surface area contributed by atoms with Crippen molar-refractivity contribution in [2.24, 2.45) is 5.92 Å². The maximum atomic E-state index is 12.7. The molecule has 0 bridgehead atoms. The van der Waals surface area contributed by atoms with Crippen molar-refractivity contribution in [1.29, 1.82) is 0 Å². The van der Waals surface area contributed by atoms with Crippen LogP contribution in [0.15, 0.2) is 32.9 Å². The molecular weight excluding hydrogens is 448 g/mol. The lowest BCUT2D eigenvalue weighted by Crippen LogP contribution is -2.44. The Morgan fingerprint density at radius 1 is 1.40 bits per heavy atom. The number of rotatable bonds is 6. The minimum Gasteiger partial charge on any atom is -0.480 e. The first-order chi connectivity index (χ1) is 14.2. The number of sulfonamides is 1. The van der Waals surface area contributed by atoms with Crippen LogP contribution in [0.1, 0.15) is 31.9 Å². The van der Waals surface area contributed by atoms with E-state index in [1.807, 2.05) is 11.5 Å². The van der Waals surface area contributed by atoms with Crippen molar-refractivity contribution >= 4 is 62.1 Å². The number of nitrogens with zero attached hydrogens (tertiary/aromatic N) is 1. The normalized spacial score (nSPS) is 17.4. The predicted octanol–water partition coefficient (Wildman–Crippen LogP) is 2.68. The van der Waals surface area contributed by atoms with Gasteiger partial charge in [-0.1, -0.05) is 31.5 Å². The van der Waals surface area contributed by atoms with Crippen LogP contribution in [-0.4, -0.2) is 30.5 Å². The average Bonchev–Trinajstić information content (AvgIpc) is 3.28. The molecule has 0 saturated heterocycles. The molecule has 2 aromatic heterocycles. The van der Waals surface area contributed by atoms with E-state index in [1.165, 1.54) is 23.5 Å². The molecule has 0 radical (unpaired) electrons. The summed E-state index contributed by atoms with van der Waals surface area (Å²) in [4.78, 5) is 15.7. The van der Waals surface area contributed by atoms with Crippen molar-refractivity contribution in [3.05, 3.63) is 44.4 Å². The van der Waals surface area contributed by atoms with Crippen molar-refractivity contribution in [2.45, 2.75) is 37.1 Å². The number of hydrogen-bond acceptors (Lipinski definition) is 6. The number of carboxylic acid groups (broad SMARTS) is 1. The lowest BCUT2D eigenvalue weighted by Gasteiger charge is -2.17. The van der Waals surface area contributed by atoms with Gasteiger partial charge in [0.15, 0.2) is 4.47 Å². The number of aromatic nitrogens is 1. The molecule has 1 aliphatic rings. The SMILES string of the molecule is CC(C)[C@H](NS(=O)(=O)c1ccc2c3c(oc2c1)=CCC(c1csc(Cl)n1)C=3)C(=O)O. The number of thiazole rings is 1. The van der Waals surface area contributed by atoms with Crippen LogP contribution in [0.5, 0.6) is 0 Å². The summed E-state index contributed by atoms with van der Waals surface area (Å²) in [5.41, 5.74) is 1.98. The summed E-state index contributed by atoms with van der Waals surface area (Å²) < 4.78 is 34.1. The van der Waals surface area contributed by atoms with E-state index in [1.54, 1.807) is 19.9 Å². The fourth-order valence-corrected chi connectivity index (χ4v) is 5.64. The third-order valence-electron chi connectivity index (χ3n) is 5.05. The second-order valence-corrected chi connectivity index (χ2v) is 10.6. The molecule has 0 fully saturated rings. The van der Waals surface area contributed by atoms with E-state index in [4.69, 9.17) is 16.0 Å². The first-order valence-electron chi connectivity index (χ1n) is 9.26. The maximum Gasteiger partial charge on any atom is 0.322 e. The summed E-state index contributed by atoms with van der Waals surface area (Å²) >= 11 is 7.33. The Bertz CT molecular complexity index is 1360. The Balaban J connectivity index is 1.73. The van der Waals surface area contributed by atoms with Crippen LogP contribution in [0.4, 0.5) is 0 Å². The van der Waals surface area contributed by atoms with Gasteiger partial charge in [-0.15, -0.1) is 11.3 Å². The Hall–Kier alpha value is -2.20. The van der Waals surface area contributed by atoms with E-state index in [9.17, 15) is 18.3 Å². The van der Waals surface area contributed by atoms with Gasteiger partial charge in [0.25, 0.3) is 0 Å². The molecule has 4 rings (SSSR count). The lowest BCUT2D eigenvalue weighted by molar-refractivity contribution is -0.140. The Morgan fingerprint density at radius 3 is 2.80 bits per heavy atom. The van der Waals surface area contributed by atoms with E-state index in [2.05, 4.69) is 15.8 Å². The second kappa shape index (κ2) is 7.81. The number of nitrogens with one attached hydrogen (secondary N) is 1. The molecule has 2 N–H and O–H groups in total. The summed E-state index contributed by atoms with van der Waals surface area (Å²) in [5.74, 6) is -1.56. The van der Waals surface area contributed by atoms with Gasteiger partial charge in [0, 0.05) is 28.0 Å². The third kappa shape index (κ3) is 3.90. The zero-order chi connectivity index (χ0) is 21.6. The van der Waals surface area contributed by atoms with E-state index >= 15 is 0 Å². The average molecular weight is 467 g/mol. The fourth-order valence-electron chi connectivity index (χ4n) is 3.46. The molecule has 0 aliphatic heterocycles. The molecule has 2 heterocycles. The van der Waals surface area contributed by atoms with Crippen LogP contribution in [-0.2, 0) is 14.8 Å². The highest BCUT2D eigenvalue weighted by Crippen LogP contribution is 2.28. The van der Waals surface area contributed by atoms with Crippen molar-refractivity contribution in [1.82, 2.24) is 9.71 Å². The lowest BCUT2D eigenvalue weighted by atomic mass is 9.96. The quantitative estimate of drug-likeness (QED) is 0.578. The fraction of sp³-hybridized carbons (Fsp3) is 0.300. The number of carboxylic acids is 1. The number of benzene rings is 1. The molecule has 10 heteroatoms. The first kappa shape index (κ1) is 21.0. The summed E-state index contributed by atoms with van der Waals surface area (Å²) in [6, 6.07) is 3.34. The van der Waals surface area contributed by atoms with Crippen molar-refractivity contribution in [3.8, 4) is 0 Å². The zero-order valence-corrected chi connectivity index (χ0v) is 18.5. The van der Waals surface area contributed by atoms with E-state index in [0.29, 0.717) is 21.9 Å². The maximum absolute atomic E-state index is 12.7. The summed E-state index contributed by atoms with van der Waals surface area (Å²) in [6.07, 6.45) is 4.71. The van der Waals surface area contributed by atoms with E-state index in [0.717, 1.165) is 16.3 Å². The molecule has 158 valence electrons. The van der Waals surface area contributed by atoms with Crippen molar-refractivity contribution in [3.63, 3.8) is 0 Å². The monoisotopic (exact) mass is 466 g/mol. The van der Waals surface area contributed by atoms with E-state index < -0.39 is 28.0 Å². The summed E-state index contributed by atoms with van der Waals surface area (Å²) in [6.45, 7) is 3.28. The summed E-state index contributed by atoms with van der Waals surface area (Å²) in [7, 11) is -4.03. The summed E-state index contributed by atoms with van der Waals surface area (Å²) in [5, 5.41) is 12.9. The number of halogens is 1. The van der Waals surface area contributed by atoms with Gasteiger partial charge in [0.2, 0.25) is 10.0 Å². The van der Waals surface area contributed by atoms with Crippen LogP contribution in [0.3, 0.4) is 0 Å². The van der Waals surface area contributed by atoms with Crippen molar-refractivity contribution < 1.29 is 22.7 Å². The smallest absolute Gasteiger partial charge is 0.322 e. The molecule has 0 amide bonds. The molecular formula is C20H19ClN2O5S2. The van der Waals surface area contributed by atoms with Crippen LogP contribution in [0.2, 0.25) is 4.47 Å². The highest BCUT2D eigenvalue weighted by Gasteiger charge is 2.28. The van der Waals surface area contributed by atoms with Gasteiger partial charge in [-0.05, 0) is 30.5 Å². The molecule has 1 unspecified atom stereocenters. The Morgan fingerprint density at radius 2 is 2.17 bits per heavy atom. The van der Waals surface area contributed by atoms with Gasteiger partial charge in [0.05, 0.1) is 10.6 Å². The predicted molar refractivity (Wildman–Crippen MR) is 115 cm³/mol. The second-order valence-electron chi connectivity index (χ2n) is 7.46. The van der Waals surface area contributed by atoms with Gasteiger partial charge in [-0.2, -0.15) is 4.72 Å². The van der Waals surface area contributed by atoms with Gasteiger partial charge < -0.3 is 9.52 Å². The molecule has 1 aromatic carbocycles. The molecule has 1 aliphatic carbocycles. The molecule has 3 aromatic rings. The minimum absolute atomic E-state index is 0.0455. The first-order valence-corrected chi connectivity index (χ1v) is 12.0. The highest BCUT2D eigenvalue weighted by molar-refractivity contribution is 7.89. The van der Waals surface area contributed by atoms with Gasteiger partial charge >= 0.3 is 5.97 Å². The Kier molecular flexibility index (Phi) is 5.48. The number of fused-ring (bicyclic) bond motifs is 3. The van der Waals surface area contributed by atoms with Crippen LogP contribution >= 0.6 is 22.9 Å².